The van der Waals surface area contributed by atoms with E-state index >= 15 is 0 Å². The second-order valence-corrected chi connectivity index (χ2v) is 10.4. The molecular formula is C26H22FN3O6S. The molecule has 1 aromatic carbocycles. The number of rotatable bonds is 4. The molecule has 6 rings (SSSR count). The number of halogens is 1. The van der Waals surface area contributed by atoms with E-state index in [9.17, 15) is 29.0 Å². The number of aliphatic hydroxyl groups excluding tert-OH is 1. The van der Waals surface area contributed by atoms with Crippen LogP contribution in [0.1, 0.15) is 40.3 Å². The van der Waals surface area contributed by atoms with Crippen LogP contribution in [0.25, 0.3) is 22.3 Å². The topological polar surface area (TPSA) is 131 Å². The molecule has 9 nitrogen and oxygen atoms in total. The summed E-state index contributed by atoms with van der Waals surface area (Å²) in [5.41, 5.74) is 0.830. The van der Waals surface area contributed by atoms with Crippen molar-refractivity contribution in [3.8, 4) is 11.4 Å². The fraction of sp³-hybridized carbons (Fsp3) is 0.308. The number of amides is 1. The molecule has 3 aliphatic rings. The number of ether oxygens (including phenoxy) is 1. The summed E-state index contributed by atoms with van der Waals surface area (Å²) in [7, 11) is 0. The molecule has 11 heteroatoms. The number of hydrogen-bond acceptors (Lipinski definition) is 8. The Bertz CT molecular complexity index is 1630. The number of carbonyl (C=O) groups is 2. The fourth-order valence-corrected chi connectivity index (χ4v) is 6.80. The number of benzene rings is 1. The van der Waals surface area contributed by atoms with Crippen LogP contribution in [-0.4, -0.2) is 44.0 Å². The molecule has 3 aliphatic heterocycles. The van der Waals surface area contributed by atoms with Gasteiger partial charge in [0.15, 0.2) is 5.60 Å². The highest BCUT2D eigenvalue weighted by Crippen LogP contribution is 2.48. The average molecular weight is 524 g/mol. The number of hydrogen-bond donors (Lipinski definition) is 3. The lowest BCUT2D eigenvalue weighted by Crippen LogP contribution is -2.44. The Balaban J connectivity index is 1.66. The lowest BCUT2D eigenvalue weighted by atomic mass is 9.85. The number of aliphatic hydroxyl groups is 2. The average Bonchev–Trinajstić information content (AvgIpc) is 3.24. The number of nitrogens with zero attached hydrogens (tertiary/aromatic N) is 2. The summed E-state index contributed by atoms with van der Waals surface area (Å²) in [6.07, 6.45) is 1.23. The largest absolute Gasteiger partial charge is 0.458 e. The molecule has 2 atom stereocenters. The Labute approximate surface area is 214 Å². The zero-order valence-electron chi connectivity index (χ0n) is 19.8. The first-order chi connectivity index (χ1) is 17.7. The maximum atomic E-state index is 14.9. The number of nitrogens with one attached hydrogen (secondary N) is 1. The lowest BCUT2D eigenvalue weighted by Gasteiger charge is -2.31. The molecule has 0 saturated carbocycles. The van der Waals surface area contributed by atoms with Gasteiger partial charge in [-0.15, -0.1) is 18.3 Å². The van der Waals surface area contributed by atoms with Gasteiger partial charge in [0.1, 0.15) is 19.0 Å². The summed E-state index contributed by atoms with van der Waals surface area (Å²) in [6, 6.07) is 2.39. The minimum Gasteiger partial charge on any atom is -0.458 e. The van der Waals surface area contributed by atoms with E-state index in [0.717, 1.165) is 4.90 Å². The maximum absolute atomic E-state index is 14.9. The van der Waals surface area contributed by atoms with Gasteiger partial charge in [0, 0.05) is 39.6 Å². The minimum absolute atomic E-state index is 0.134. The predicted molar refractivity (Wildman–Crippen MR) is 132 cm³/mol. The van der Waals surface area contributed by atoms with Crippen molar-refractivity contribution in [2.45, 2.75) is 43.0 Å². The molecule has 0 spiro atoms. The molecule has 3 aromatic rings. The van der Waals surface area contributed by atoms with Gasteiger partial charge in [-0.3, -0.25) is 9.59 Å². The summed E-state index contributed by atoms with van der Waals surface area (Å²) in [5.74, 6) is -1.44. The number of carbonyl (C=O) groups excluding carboxylic acids is 2. The lowest BCUT2D eigenvalue weighted by molar-refractivity contribution is -0.171. The predicted octanol–water partition coefficient (Wildman–Crippen LogP) is 1.95. The number of cyclic esters (lactones) is 1. The van der Waals surface area contributed by atoms with Gasteiger partial charge in [0.2, 0.25) is 5.91 Å². The third-order valence-electron chi connectivity index (χ3n) is 7.31. The van der Waals surface area contributed by atoms with Crippen molar-refractivity contribution >= 4 is 34.5 Å². The Morgan fingerprint density at radius 2 is 2.19 bits per heavy atom. The van der Waals surface area contributed by atoms with Crippen molar-refractivity contribution in [3.05, 3.63) is 68.8 Å². The summed E-state index contributed by atoms with van der Waals surface area (Å²) < 4.78 is 21.5. The van der Waals surface area contributed by atoms with Crippen molar-refractivity contribution in [2.24, 2.45) is 0 Å². The quantitative estimate of drug-likeness (QED) is 0.273. The smallest absolute Gasteiger partial charge is 0.343 e. The molecule has 0 bridgehead atoms. The highest BCUT2D eigenvalue weighted by atomic mass is 32.2. The zero-order chi connectivity index (χ0) is 26.2. The second-order valence-electron chi connectivity index (χ2n) is 9.39. The highest BCUT2D eigenvalue weighted by molar-refractivity contribution is 7.99. The van der Waals surface area contributed by atoms with Gasteiger partial charge in [-0.1, -0.05) is 6.08 Å². The Morgan fingerprint density at radius 3 is 2.92 bits per heavy atom. The van der Waals surface area contributed by atoms with Crippen LogP contribution >= 0.6 is 11.8 Å². The van der Waals surface area contributed by atoms with Crippen LogP contribution in [0.4, 0.5) is 4.39 Å². The molecule has 0 aliphatic carbocycles. The fourth-order valence-electron chi connectivity index (χ4n) is 5.55. The number of pyridine rings is 2. The van der Waals surface area contributed by atoms with Crippen LogP contribution in [0, 0.1) is 12.7 Å². The number of thioether (sulfide) groups is 1. The maximum Gasteiger partial charge on any atom is 0.343 e. The molecule has 1 amide bonds. The number of aromatic nitrogens is 2. The summed E-state index contributed by atoms with van der Waals surface area (Å²) >= 11 is 1.40. The monoisotopic (exact) mass is 523 g/mol. The third-order valence-corrected chi connectivity index (χ3v) is 8.61. The summed E-state index contributed by atoms with van der Waals surface area (Å²) in [6.45, 7) is 4.47. The van der Waals surface area contributed by atoms with E-state index in [-0.39, 0.29) is 30.7 Å². The van der Waals surface area contributed by atoms with Crippen LogP contribution < -0.4 is 10.9 Å². The van der Waals surface area contributed by atoms with Gasteiger partial charge in [-0.2, -0.15) is 0 Å². The number of fused-ring (bicyclic) bond motifs is 5. The van der Waals surface area contributed by atoms with Crippen molar-refractivity contribution in [2.75, 3.05) is 12.4 Å². The van der Waals surface area contributed by atoms with Crippen molar-refractivity contribution < 1.29 is 28.9 Å². The van der Waals surface area contributed by atoms with Gasteiger partial charge in [-0.25, -0.2) is 14.2 Å². The van der Waals surface area contributed by atoms with E-state index < -0.39 is 41.5 Å². The van der Waals surface area contributed by atoms with Crippen molar-refractivity contribution in [1.82, 2.24) is 14.9 Å². The van der Waals surface area contributed by atoms with E-state index in [4.69, 9.17) is 9.72 Å². The molecule has 0 unspecified atom stereocenters. The standard InChI is InChI=1S/C26H22FN3O6S/c1-3-4-26(35)14-5-18-22-12(7-30(18)24(33)13(14)9-36-25(26)34)20-17(28-19(32)8-31)10-37-23-11(2)15(27)6-16(29-22)21(20)23/h3,5-6,17,31,35H,1,4,7-10H2,2H3,(H,28,32)/t17-,26-/m0/s1. The number of esters is 1. The molecule has 0 radical (unpaired) electrons. The van der Waals surface area contributed by atoms with E-state index in [1.807, 2.05) is 0 Å². The van der Waals surface area contributed by atoms with E-state index in [2.05, 4.69) is 11.9 Å². The van der Waals surface area contributed by atoms with Crippen LogP contribution in [0.15, 0.2) is 34.5 Å². The van der Waals surface area contributed by atoms with Crippen molar-refractivity contribution in [1.29, 1.82) is 0 Å². The van der Waals surface area contributed by atoms with Gasteiger partial charge >= 0.3 is 5.97 Å². The Hall–Kier alpha value is -3.54. The van der Waals surface area contributed by atoms with Crippen LogP contribution in [-0.2, 0) is 33.1 Å². The first-order valence-corrected chi connectivity index (χ1v) is 12.6. The van der Waals surface area contributed by atoms with Crippen LogP contribution in [0.5, 0.6) is 0 Å². The third kappa shape index (κ3) is 3.24. The molecule has 190 valence electrons. The van der Waals surface area contributed by atoms with Gasteiger partial charge in [0.25, 0.3) is 5.56 Å². The van der Waals surface area contributed by atoms with Crippen LogP contribution in [0.3, 0.4) is 0 Å². The molecule has 37 heavy (non-hydrogen) atoms. The van der Waals surface area contributed by atoms with Gasteiger partial charge in [0.05, 0.1) is 35.1 Å². The molecule has 0 fully saturated rings. The van der Waals surface area contributed by atoms with Crippen molar-refractivity contribution in [3.63, 3.8) is 0 Å². The molecule has 2 aromatic heterocycles. The zero-order valence-corrected chi connectivity index (χ0v) is 20.6. The molecule has 0 saturated heterocycles. The van der Waals surface area contributed by atoms with Gasteiger partial charge < -0.3 is 24.8 Å². The molecule has 3 N–H and O–H groups in total. The molecule has 5 heterocycles. The first-order valence-electron chi connectivity index (χ1n) is 11.7. The van der Waals surface area contributed by atoms with E-state index in [1.165, 1.54) is 28.5 Å². The first kappa shape index (κ1) is 23.8. The summed E-state index contributed by atoms with van der Waals surface area (Å²) in [4.78, 5) is 43.8. The van der Waals surface area contributed by atoms with E-state index in [0.29, 0.717) is 44.7 Å². The van der Waals surface area contributed by atoms with Crippen LogP contribution in [0.2, 0.25) is 0 Å². The SMILES string of the molecule is C=CC[C@@]1(O)C(=O)OCc2c1cc1n(c2=O)Cc2c-1nc1cc(F)c(C)c3c1c2[C@@H](NC(=O)CO)CS3. The Morgan fingerprint density at radius 1 is 1.41 bits per heavy atom. The van der Waals surface area contributed by atoms with Gasteiger partial charge in [-0.05, 0) is 24.1 Å². The summed E-state index contributed by atoms with van der Waals surface area (Å²) in [5, 5.41) is 24.1. The minimum atomic E-state index is -2.07. The highest BCUT2D eigenvalue weighted by Gasteiger charge is 2.46. The normalized spacial score (nSPS) is 21.2. The van der Waals surface area contributed by atoms with E-state index in [1.54, 1.807) is 13.0 Å². The Kier molecular flexibility index (Phi) is 5.30. The second kappa shape index (κ2) is 8.23. The molecular weight excluding hydrogens is 501 g/mol.